The van der Waals surface area contributed by atoms with Gasteiger partial charge in [0.05, 0.1) is 138 Å². The van der Waals surface area contributed by atoms with Crippen molar-refractivity contribution in [1.29, 1.82) is 0 Å². The summed E-state index contributed by atoms with van der Waals surface area (Å²) in [4.78, 5) is 36.8. The van der Waals surface area contributed by atoms with Gasteiger partial charge in [0, 0.05) is 69.5 Å². The number of likely N-dealkylation sites (tertiary alicyclic amines) is 2. The van der Waals surface area contributed by atoms with Gasteiger partial charge in [-0.25, -0.2) is 29.9 Å². The van der Waals surface area contributed by atoms with Crippen LogP contribution in [0.25, 0.3) is 89.7 Å². The number of rotatable bonds is 18. The molecule has 3 aromatic heterocycles. The molecule has 2 atom stereocenters. The van der Waals surface area contributed by atoms with Crippen LogP contribution in [0.15, 0.2) is 194 Å². The van der Waals surface area contributed by atoms with Crippen molar-refractivity contribution in [2.45, 2.75) is 62.7 Å². The molecule has 25 heteroatoms. The third-order valence-corrected chi connectivity index (χ3v) is 33.0. The monoisotopic (exact) mass is 1630 g/mol. The van der Waals surface area contributed by atoms with Gasteiger partial charge in [-0.1, -0.05) is 146 Å². The number of benzene rings is 8. The van der Waals surface area contributed by atoms with Crippen LogP contribution in [0.3, 0.4) is 0 Å². The molecule has 0 amide bonds. The Morgan fingerprint density at radius 2 is 0.569 bits per heavy atom. The lowest BCUT2D eigenvalue weighted by molar-refractivity contribution is -0.902. The van der Waals surface area contributed by atoms with E-state index in [-0.39, 0.29) is 84.4 Å². The van der Waals surface area contributed by atoms with Crippen molar-refractivity contribution < 1.29 is 91.6 Å². The first kappa shape index (κ1) is 87.8. The zero-order valence-corrected chi connectivity index (χ0v) is 73.2. The number of hydrogen-bond donors (Lipinski definition) is 2. The zero-order chi connectivity index (χ0) is 72.5. The summed E-state index contributed by atoms with van der Waals surface area (Å²) in [5.74, 6) is 2.39. The molecule has 15 rings (SSSR count). The highest BCUT2D eigenvalue weighted by molar-refractivity contribution is 7.02. The molecule has 109 heavy (non-hydrogen) atoms. The lowest BCUT2D eigenvalue weighted by atomic mass is 10.1. The Kier molecular flexibility index (Phi) is 27.6. The molecule has 2 saturated heterocycles. The van der Waals surface area contributed by atoms with E-state index >= 15 is 0 Å². The molecule has 8 aromatic carbocycles. The van der Waals surface area contributed by atoms with Crippen molar-refractivity contribution in [3.8, 4) is 45.6 Å². The average molecular weight is 1640 g/mol. The predicted molar refractivity (Wildman–Crippen MR) is 437 cm³/mol. The Morgan fingerprint density at radius 3 is 0.780 bits per heavy atom. The maximum absolute atomic E-state index is 7.90. The first-order chi connectivity index (χ1) is 49.0. The number of aromatic nitrogens is 8. The molecule has 0 saturated carbocycles. The van der Waals surface area contributed by atoms with E-state index in [0.717, 1.165) is 95.6 Å². The SMILES string of the molecule is C[N+](C)(C)c1ccc([Si](CCC2CCC[N+]2(C)C)(O[Si]O[Si](CCC2CCC[N+]2(C)C)(c2ccc([N+](C)(C)C)cc2)c2ccc([N+](C)(C)C)cc2)c2ccc([N+](C)(C)C)cc2)cc1.[Cl-].[Cl-].[Cl-].[Cl-].[Cl-].[Cl-].c1ccc2c(c1)-c1nc-2nc2[nH]c(nc3nc(nc4[nH]c(n1)c1ccccc41)-c1ccccc1-3)c1ccccc21. The Hall–Kier alpha value is -6.81. The summed E-state index contributed by atoms with van der Waals surface area (Å²) in [6.45, 7) is 2.48. The van der Waals surface area contributed by atoms with Gasteiger partial charge in [0.15, 0.2) is 23.3 Å². The van der Waals surface area contributed by atoms with E-state index in [1.165, 1.54) is 82.3 Å². The summed E-state index contributed by atoms with van der Waals surface area (Å²) in [6, 6.07) is 73.6. The number of aromatic amines is 2. The van der Waals surface area contributed by atoms with E-state index < -0.39 is 16.6 Å². The average Bonchev–Trinajstić information content (AvgIpc) is 1.74. The van der Waals surface area contributed by atoms with E-state index in [1.54, 1.807) is 0 Å². The van der Waals surface area contributed by atoms with Gasteiger partial charge in [0.1, 0.15) is 45.3 Å². The molecule has 4 aliphatic heterocycles. The molecule has 7 heterocycles. The van der Waals surface area contributed by atoms with Crippen LogP contribution in [0.4, 0.5) is 22.7 Å². The van der Waals surface area contributed by atoms with Gasteiger partial charge in [0.25, 0.3) is 0 Å². The van der Waals surface area contributed by atoms with E-state index in [9.17, 15) is 0 Å². The molecule has 2 radical (unpaired) electrons. The molecule has 2 unspecified atom stereocenters. The number of quaternary nitrogens is 6. The maximum atomic E-state index is 7.90. The molecule has 16 nitrogen and oxygen atoms in total. The quantitative estimate of drug-likeness (QED) is 0.0648. The standard InChI is InChI=1S/C52H86N6O2Si3.C32H18N8.6ClH/c1-53(2,3)43-21-29-49(30-22-43)62(41-37-47-19-17-39-57(47,13)14,50-31-23-44(24-32-50)54(4,5)6)59-61-60-63(42-38-48-20-18-40-58(48,15)16,51-33-25-45(26-34-51)55(7,8)9)52-35-27-46(28-36-52)56(10,11)12;1-2-10-18-17(9-1)25-33-26(18)38-28-21-13-5-6-14-22(21)30(35-28)40-32-24-16-8-7-15-23(24)31(36-32)39-29-20-12-4-3-11-19(20)27(34-29)37-25;;;;;;/h21-36,47-48H,17-20,37-42H2,1-16H3;1-16H,(H2,33,34,35,36,37,38,39,40);6*1H/q+6;;;;;;;/p-6. The van der Waals surface area contributed by atoms with Gasteiger partial charge in [-0.05, 0) is 94.2 Å². The van der Waals surface area contributed by atoms with Crippen LogP contribution in [0, 0.1) is 0 Å². The summed E-state index contributed by atoms with van der Waals surface area (Å²) < 4.78 is 21.1. The second-order valence-corrected chi connectivity index (χ2v) is 42.1. The van der Waals surface area contributed by atoms with Gasteiger partial charge in [-0.3, -0.25) is 17.9 Å². The van der Waals surface area contributed by atoms with Crippen molar-refractivity contribution in [2.75, 3.05) is 126 Å². The highest BCUT2D eigenvalue weighted by Gasteiger charge is 2.48. The molecule has 2 fully saturated rings. The minimum Gasteiger partial charge on any atom is -1.00 e. The number of halogens is 6. The van der Waals surface area contributed by atoms with Gasteiger partial charge < -0.3 is 102 Å². The number of nitrogens with zero attached hydrogens (tertiary/aromatic N) is 12. The second kappa shape index (κ2) is 34.3. The van der Waals surface area contributed by atoms with Crippen molar-refractivity contribution >= 4 is 114 Å². The van der Waals surface area contributed by atoms with E-state index in [1.807, 2.05) is 97.1 Å². The first-order valence-electron chi connectivity index (χ1n) is 36.6. The lowest BCUT2D eigenvalue weighted by Crippen LogP contribution is -3.00. The van der Waals surface area contributed by atoms with Crippen LogP contribution in [-0.4, -0.2) is 213 Å². The van der Waals surface area contributed by atoms with Crippen LogP contribution in [-0.2, 0) is 8.23 Å². The summed E-state index contributed by atoms with van der Waals surface area (Å²) in [6.07, 6.45) is 7.39. The summed E-state index contributed by atoms with van der Waals surface area (Å²) >= 11 is 0. The van der Waals surface area contributed by atoms with Crippen LogP contribution in [0.1, 0.15) is 38.5 Å². The van der Waals surface area contributed by atoms with Crippen molar-refractivity contribution in [3.63, 3.8) is 0 Å². The van der Waals surface area contributed by atoms with Crippen molar-refractivity contribution in [1.82, 2.24) is 57.8 Å². The van der Waals surface area contributed by atoms with Gasteiger partial charge in [-0.15, -0.1) is 0 Å². The Balaban J connectivity index is 0.000000280. The highest BCUT2D eigenvalue weighted by atomic mass is 35.5. The fourth-order valence-corrected chi connectivity index (χ4v) is 26.5. The van der Waals surface area contributed by atoms with Gasteiger partial charge in [0.2, 0.25) is 16.6 Å². The minimum atomic E-state index is -2.91. The van der Waals surface area contributed by atoms with E-state index in [2.05, 4.69) is 220 Å². The third kappa shape index (κ3) is 18.0. The largest absolute Gasteiger partial charge is 1.00 e. The van der Waals surface area contributed by atoms with Gasteiger partial charge >= 0.3 is 10.0 Å². The van der Waals surface area contributed by atoms with Crippen molar-refractivity contribution in [2.24, 2.45) is 0 Å². The molecule has 576 valence electrons. The molecular weight excluding hydrogens is 1530 g/mol. The predicted octanol–water partition coefficient (Wildman–Crippen LogP) is -4.99. The van der Waals surface area contributed by atoms with E-state index in [4.69, 9.17) is 38.1 Å². The first-order valence-corrected chi connectivity index (χ1v) is 41.7. The van der Waals surface area contributed by atoms with E-state index in [0.29, 0.717) is 58.0 Å². The Bertz CT molecular complexity index is 4550. The Labute approximate surface area is 686 Å². The molecular formula is C84H104Cl6N14O2Si3. The molecule has 0 aliphatic carbocycles. The van der Waals surface area contributed by atoms with Crippen LogP contribution >= 0.6 is 0 Å². The topological polar surface area (TPSA) is 127 Å². The van der Waals surface area contributed by atoms with Crippen molar-refractivity contribution in [3.05, 3.63) is 194 Å². The molecule has 11 aromatic rings. The molecule has 2 N–H and O–H groups in total. The summed E-state index contributed by atoms with van der Waals surface area (Å²) in [5.41, 5.74) is 11.6. The summed E-state index contributed by atoms with van der Waals surface area (Å²) in [5, 5.41) is 9.19. The zero-order valence-electron chi connectivity index (χ0n) is 65.7. The molecule has 0 spiro atoms. The maximum Gasteiger partial charge on any atom is 0.410 e. The number of H-pyrrole nitrogens is 2. The van der Waals surface area contributed by atoms with Gasteiger partial charge in [-0.2, -0.15) is 0 Å². The minimum absolute atomic E-state index is 0. The smallest absolute Gasteiger partial charge is 0.410 e. The lowest BCUT2D eigenvalue weighted by Gasteiger charge is -2.39. The fourth-order valence-electron chi connectivity index (χ4n) is 16.0. The van der Waals surface area contributed by atoms with Crippen LogP contribution in [0.5, 0.6) is 0 Å². The van der Waals surface area contributed by atoms with Crippen LogP contribution < -0.4 is 113 Å². The van der Waals surface area contributed by atoms with Crippen LogP contribution in [0.2, 0.25) is 12.1 Å². The number of nitrogens with one attached hydrogen (secondary N) is 2. The second-order valence-electron chi connectivity index (χ2n) is 33.6. The number of fused-ring (bicyclic) bond motifs is 20. The highest BCUT2D eigenvalue weighted by Crippen LogP contribution is 2.39. The molecule has 8 bridgehead atoms. The normalized spacial score (nSPS) is 15.8. The number of hydrogen-bond acceptors (Lipinski definition) is 8. The fraction of sp³-hybridized carbons (Fsp3) is 0.333. The summed E-state index contributed by atoms with van der Waals surface area (Å²) in [7, 11) is 30.9. The molecule has 4 aliphatic rings. The Morgan fingerprint density at radius 1 is 0.339 bits per heavy atom. The third-order valence-electron chi connectivity index (χ3n) is 22.5.